The fourth-order valence-electron chi connectivity index (χ4n) is 3.08. The van der Waals surface area contributed by atoms with E-state index in [1.165, 1.54) is 18.9 Å². The van der Waals surface area contributed by atoms with Crippen LogP contribution in [-0.2, 0) is 4.74 Å². The number of pyridine rings is 1. The number of carboxylic acid groups (broad SMARTS) is 1. The van der Waals surface area contributed by atoms with E-state index < -0.39 is 5.97 Å². The number of hydrogen-bond donors (Lipinski definition) is 1. The number of carbonyl (C=O) groups is 1. The van der Waals surface area contributed by atoms with E-state index in [1.54, 1.807) is 6.07 Å². The van der Waals surface area contributed by atoms with E-state index in [1.807, 2.05) is 6.07 Å². The minimum Gasteiger partial charge on any atom is -0.477 e. The van der Waals surface area contributed by atoms with E-state index in [2.05, 4.69) is 9.88 Å². The zero-order valence-electron chi connectivity index (χ0n) is 10.8. The molecule has 1 aliphatic heterocycles. The lowest BCUT2D eigenvalue weighted by Gasteiger charge is -2.41. The highest BCUT2D eigenvalue weighted by atomic mass is 16.5. The van der Waals surface area contributed by atoms with Gasteiger partial charge in [0.2, 0.25) is 0 Å². The van der Waals surface area contributed by atoms with E-state index >= 15 is 0 Å². The summed E-state index contributed by atoms with van der Waals surface area (Å²) in [5.41, 5.74) is 0.0727. The van der Waals surface area contributed by atoms with Gasteiger partial charge in [0.1, 0.15) is 5.82 Å². The Kier molecular flexibility index (Phi) is 3.14. The third kappa shape index (κ3) is 2.42. The second-order valence-electron chi connectivity index (χ2n) is 5.35. The van der Waals surface area contributed by atoms with Crippen molar-refractivity contribution in [2.24, 2.45) is 0 Å². The number of rotatable bonds is 2. The number of carboxylic acids is 1. The zero-order valence-corrected chi connectivity index (χ0v) is 10.8. The molecule has 2 aliphatic rings. The first-order chi connectivity index (χ1) is 9.19. The molecule has 1 aromatic rings. The summed E-state index contributed by atoms with van der Waals surface area (Å²) in [7, 11) is 0. The molecule has 0 aromatic carbocycles. The lowest BCUT2D eigenvalue weighted by atomic mass is 10.00. The molecule has 0 radical (unpaired) electrons. The first-order valence-electron chi connectivity index (χ1n) is 6.78. The molecular weight excluding hydrogens is 244 g/mol. The molecule has 0 amide bonds. The SMILES string of the molecule is O=C(O)c1cccc(N2CCOC3(CCCC3)C2)n1. The van der Waals surface area contributed by atoms with Gasteiger partial charge in [0, 0.05) is 13.1 Å². The highest BCUT2D eigenvalue weighted by molar-refractivity contribution is 5.85. The van der Waals surface area contributed by atoms with Crippen molar-refractivity contribution in [3.8, 4) is 0 Å². The van der Waals surface area contributed by atoms with Crippen LogP contribution in [0.15, 0.2) is 18.2 Å². The minimum atomic E-state index is -0.981. The summed E-state index contributed by atoms with van der Waals surface area (Å²) in [6.45, 7) is 2.29. The molecule has 1 aromatic heterocycles. The van der Waals surface area contributed by atoms with Gasteiger partial charge < -0.3 is 14.7 Å². The van der Waals surface area contributed by atoms with Crippen LogP contribution in [0.1, 0.15) is 36.2 Å². The fourth-order valence-corrected chi connectivity index (χ4v) is 3.08. The summed E-state index contributed by atoms with van der Waals surface area (Å²) in [6, 6.07) is 5.15. The molecule has 1 saturated heterocycles. The second kappa shape index (κ2) is 4.81. The topological polar surface area (TPSA) is 62.7 Å². The Morgan fingerprint density at radius 2 is 2.16 bits per heavy atom. The average Bonchev–Trinajstić information content (AvgIpc) is 2.87. The molecule has 1 N–H and O–H groups in total. The Balaban J connectivity index is 1.81. The molecule has 5 nitrogen and oxygen atoms in total. The van der Waals surface area contributed by atoms with Crippen molar-refractivity contribution in [3.63, 3.8) is 0 Å². The van der Waals surface area contributed by atoms with Gasteiger partial charge in [-0.1, -0.05) is 18.9 Å². The molecule has 0 unspecified atom stereocenters. The number of anilines is 1. The van der Waals surface area contributed by atoms with E-state index in [4.69, 9.17) is 9.84 Å². The van der Waals surface area contributed by atoms with Gasteiger partial charge in [-0.25, -0.2) is 9.78 Å². The standard InChI is InChI=1S/C14H18N2O3/c17-13(18)11-4-3-5-12(15-11)16-8-9-19-14(10-16)6-1-2-7-14/h3-5H,1-2,6-10H2,(H,17,18). The summed E-state index contributed by atoms with van der Waals surface area (Å²) in [6.07, 6.45) is 4.64. The quantitative estimate of drug-likeness (QED) is 0.882. The van der Waals surface area contributed by atoms with Gasteiger partial charge in [0.05, 0.1) is 12.2 Å². The number of morpholine rings is 1. The van der Waals surface area contributed by atoms with E-state index in [0.717, 1.165) is 31.7 Å². The summed E-state index contributed by atoms with van der Waals surface area (Å²) in [4.78, 5) is 17.4. The van der Waals surface area contributed by atoms with Crippen LogP contribution in [0.5, 0.6) is 0 Å². The Hall–Kier alpha value is -1.62. The van der Waals surface area contributed by atoms with Crippen molar-refractivity contribution in [2.75, 3.05) is 24.6 Å². The Morgan fingerprint density at radius 1 is 1.37 bits per heavy atom. The van der Waals surface area contributed by atoms with Crippen molar-refractivity contribution in [3.05, 3.63) is 23.9 Å². The van der Waals surface area contributed by atoms with Crippen LogP contribution in [0.4, 0.5) is 5.82 Å². The third-order valence-electron chi connectivity index (χ3n) is 4.04. The van der Waals surface area contributed by atoms with E-state index in [0.29, 0.717) is 6.61 Å². The largest absolute Gasteiger partial charge is 0.477 e. The molecule has 5 heteroatoms. The minimum absolute atomic E-state index is 0.0286. The highest BCUT2D eigenvalue weighted by Gasteiger charge is 2.39. The van der Waals surface area contributed by atoms with Crippen LogP contribution in [0.2, 0.25) is 0 Å². The monoisotopic (exact) mass is 262 g/mol. The normalized spacial score (nSPS) is 21.8. The maximum atomic E-state index is 11.0. The molecule has 0 bridgehead atoms. The van der Waals surface area contributed by atoms with Gasteiger partial charge in [0.25, 0.3) is 0 Å². The van der Waals surface area contributed by atoms with Crippen molar-refractivity contribution in [2.45, 2.75) is 31.3 Å². The van der Waals surface area contributed by atoms with Crippen LogP contribution >= 0.6 is 0 Å². The van der Waals surface area contributed by atoms with Crippen molar-refractivity contribution >= 4 is 11.8 Å². The average molecular weight is 262 g/mol. The number of nitrogens with zero attached hydrogens (tertiary/aromatic N) is 2. The molecule has 102 valence electrons. The molecule has 2 fully saturated rings. The highest BCUT2D eigenvalue weighted by Crippen LogP contribution is 2.36. The van der Waals surface area contributed by atoms with Crippen LogP contribution in [0, 0.1) is 0 Å². The van der Waals surface area contributed by atoms with Gasteiger partial charge >= 0.3 is 5.97 Å². The number of hydrogen-bond acceptors (Lipinski definition) is 4. The smallest absolute Gasteiger partial charge is 0.354 e. The molecule has 1 aliphatic carbocycles. The van der Waals surface area contributed by atoms with Crippen molar-refractivity contribution in [1.82, 2.24) is 4.98 Å². The number of aromatic carboxylic acids is 1. The predicted molar refractivity (Wildman–Crippen MR) is 70.6 cm³/mol. The number of ether oxygens (including phenoxy) is 1. The van der Waals surface area contributed by atoms with Crippen LogP contribution in [-0.4, -0.2) is 41.4 Å². The van der Waals surface area contributed by atoms with Gasteiger partial charge in [0.15, 0.2) is 5.69 Å². The van der Waals surface area contributed by atoms with Crippen LogP contribution < -0.4 is 4.90 Å². The lowest BCUT2D eigenvalue weighted by Crippen LogP contribution is -2.50. The van der Waals surface area contributed by atoms with E-state index in [9.17, 15) is 4.79 Å². The molecule has 2 heterocycles. The maximum absolute atomic E-state index is 11.0. The zero-order chi connectivity index (χ0) is 13.3. The first kappa shape index (κ1) is 12.4. The predicted octanol–water partition coefficient (Wildman–Crippen LogP) is 1.93. The Morgan fingerprint density at radius 3 is 2.89 bits per heavy atom. The summed E-state index contributed by atoms with van der Waals surface area (Å²) in [5, 5.41) is 9.01. The van der Waals surface area contributed by atoms with Crippen LogP contribution in [0.3, 0.4) is 0 Å². The fraction of sp³-hybridized carbons (Fsp3) is 0.571. The van der Waals surface area contributed by atoms with Crippen molar-refractivity contribution < 1.29 is 14.6 Å². The first-order valence-corrected chi connectivity index (χ1v) is 6.78. The van der Waals surface area contributed by atoms with E-state index in [-0.39, 0.29) is 11.3 Å². The number of aromatic nitrogens is 1. The lowest BCUT2D eigenvalue weighted by molar-refractivity contribution is -0.0503. The molecule has 1 saturated carbocycles. The Bertz CT molecular complexity index is 483. The van der Waals surface area contributed by atoms with Crippen molar-refractivity contribution in [1.29, 1.82) is 0 Å². The third-order valence-corrected chi connectivity index (χ3v) is 4.04. The van der Waals surface area contributed by atoms with Gasteiger partial charge in [-0.2, -0.15) is 0 Å². The molecule has 3 rings (SSSR count). The molecule has 19 heavy (non-hydrogen) atoms. The summed E-state index contributed by atoms with van der Waals surface area (Å²) in [5.74, 6) is -0.236. The van der Waals surface area contributed by atoms with Crippen LogP contribution in [0.25, 0.3) is 0 Å². The second-order valence-corrected chi connectivity index (χ2v) is 5.35. The molecule has 0 atom stereocenters. The van der Waals surface area contributed by atoms with Gasteiger partial charge in [-0.3, -0.25) is 0 Å². The molecular formula is C14H18N2O3. The summed E-state index contributed by atoms with van der Waals surface area (Å²) >= 11 is 0. The maximum Gasteiger partial charge on any atom is 0.354 e. The van der Waals surface area contributed by atoms with Gasteiger partial charge in [-0.15, -0.1) is 0 Å². The summed E-state index contributed by atoms with van der Waals surface area (Å²) < 4.78 is 5.97. The van der Waals surface area contributed by atoms with Gasteiger partial charge in [-0.05, 0) is 25.0 Å². The Labute approximate surface area is 112 Å². The molecule has 1 spiro atoms.